The first-order valence-corrected chi connectivity index (χ1v) is 9.80. The largest absolute Gasteiger partial charge is 0.453 e. The summed E-state index contributed by atoms with van der Waals surface area (Å²) in [6, 6.07) is 5.01. The van der Waals surface area contributed by atoms with Gasteiger partial charge in [0.15, 0.2) is 0 Å². The minimum absolute atomic E-state index is 0.305. The number of amides is 2. The van der Waals surface area contributed by atoms with Gasteiger partial charge in [0.1, 0.15) is 11.9 Å². The van der Waals surface area contributed by atoms with E-state index >= 15 is 0 Å². The zero-order valence-electron chi connectivity index (χ0n) is 17.5. The second-order valence-corrected chi connectivity index (χ2v) is 7.75. The van der Waals surface area contributed by atoms with Gasteiger partial charge in [0.2, 0.25) is 5.91 Å². The van der Waals surface area contributed by atoms with Gasteiger partial charge in [-0.1, -0.05) is 19.8 Å². The summed E-state index contributed by atoms with van der Waals surface area (Å²) in [6.07, 6.45) is 7.16. The minimum Gasteiger partial charge on any atom is -0.453 e. The van der Waals surface area contributed by atoms with Crippen molar-refractivity contribution in [2.24, 2.45) is 5.92 Å². The molecule has 1 aromatic heterocycles. The van der Waals surface area contributed by atoms with Crippen LogP contribution in [-0.2, 0) is 9.53 Å². The van der Waals surface area contributed by atoms with Gasteiger partial charge < -0.3 is 19.5 Å². The fourth-order valence-corrected chi connectivity index (χ4v) is 3.66. The third kappa shape index (κ3) is 4.68. The molecule has 1 fully saturated rings. The first-order chi connectivity index (χ1) is 14.7. The SMILES string of the molecule is C#Cc1ccc(-n2ccnc2C2CC(F)(F)CN2C(=O)C(NC(=O)OC)C(C)C)cc1. The van der Waals surface area contributed by atoms with Gasteiger partial charge >= 0.3 is 6.09 Å². The van der Waals surface area contributed by atoms with Crippen LogP contribution in [-0.4, -0.2) is 52.1 Å². The molecule has 2 aromatic rings. The van der Waals surface area contributed by atoms with E-state index in [1.54, 1.807) is 48.9 Å². The van der Waals surface area contributed by atoms with Gasteiger partial charge in [0.05, 0.1) is 19.7 Å². The highest BCUT2D eigenvalue weighted by atomic mass is 19.3. The lowest BCUT2D eigenvalue weighted by Gasteiger charge is -2.30. The molecule has 1 aromatic carbocycles. The number of rotatable bonds is 5. The molecule has 2 atom stereocenters. The normalized spacial score (nSPS) is 18.5. The zero-order chi connectivity index (χ0) is 22.8. The number of nitrogens with zero attached hydrogens (tertiary/aromatic N) is 3. The molecule has 9 heteroatoms. The Labute approximate surface area is 179 Å². The number of alkyl halides is 2. The number of carbonyl (C=O) groups excluding carboxylic acids is 2. The van der Waals surface area contributed by atoms with Gasteiger partial charge in [-0.25, -0.2) is 18.6 Å². The summed E-state index contributed by atoms with van der Waals surface area (Å²) in [5.41, 5.74) is 1.37. The number of hydrogen-bond acceptors (Lipinski definition) is 4. The lowest BCUT2D eigenvalue weighted by molar-refractivity contribution is -0.136. The molecule has 164 valence electrons. The standard InChI is InChI=1S/C22H24F2N4O3/c1-5-15-6-8-16(9-7-15)27-11-10-25-19(27)17-12-22(23,24)13-28(17)20(29)18(14(2)3)26-21(30)31-4/h1,6-11,14,17-18H,12-13H2,2-4H3,(H,26,30). The summed E-state index contributed by atoms with van der Waals surface area (Å²) in [5.74, 6) is -1.20. The van der Waals surface area contributed by atoms with Crippen LogP contribution in [0.25, 0.3) is 5.69 Å². The summed E-state index contributed by atoms with van der Waals surface area (Å²) in [5, 5.41) is 2.45. The molecule has 1 aliphatic heterocycles. The maximum absolute atomic E-state index is 14.5. The number of carbonyl (C=O) groups is 2. The Hall–Kier alpha value is -3.41. The fraction of sp³-hybridized carbons (Fsp3) is 0.409. The van der Waals surface area contributed by atoms with Gasteiger partial charge in [0.25, 0.3) is 5.92 Å². The van der Waals surface area contributed by atoms with Gasteiger partial charge in [-0.3, -0.25) is 4.79 Å². The number of likely N-dealkylation sites (tertiary alicyclic amines) is 1. The molecule has 2 heterocycles. The molecule has 0 saturated carbocycles. The predicted octanol–water partition coefficient (Wildman–Crippen LogP) is 3.14. The Morgan fingerprint density at radius 3 is 2.58 bits per heavy atom. The summed E-state index contributed by atoms with van der Waals surface area (Å²) in [7, 11) is 1.17. The van der Waals surface area contributed by atoms with Crippen LogP contribution >= 0.6 is 0 Å². The Morgan fingerprint density at radius 1 is 1.32 bits per heavy atom. The molecule has 2 amide bonds. The molecule has 1 saturated heterocycles. The number of ether oxygens (including phenoxy) is 1. The molecular formula is C22H24F2N4O3. The lowest BCUT2D eigenvalue weighted by atomic mass is 10.0. The van der Waals surface area contributed by atoms with E-state index in [1.807, 2.05) is 0 Å². The van der Waals surface area contributed by atoms with E-state index in [9.17, 15) is 18.4 Å². The van der Waals surface area contributed by atoms with Gasteiger partial charge in [-0.2, -0.15) is 0 Å². The number of hydrogen-bond donors (Lipinski definition) is 1. The van der Waals surface area contributed by atoms with Crippen LogP contribution in [0.3, 0.4) is 0 Å². The molecule has 7 nitrogen and oxygen atoms in total. The maximum Gasteiger partial charge on any atom is 0.407 e. The minimum atomic E-state index is -3.09. The molecule has 2 unspecified atom stereocenters. The quantitative estimate of drug-likeness (QED) is 0.740. The van der Waals surface area contributed by atoms with Gasteiger partial charge in [-0.05, 0) is 30.2 Å². The van der Waals surface area contributed by atoms with Crippen LogP contribution < -0.4 is 5.32 Å². The number of alkyl carbamates (subject to hydrolysis) is 1. The molecule has 3 rings (SSSR count). The van der Waals surface area contributed by atoms with E-state index < -0.39 is 43.0 Å². The number of aromatic nitrogens is 2. The first kappa shape index (κ1) is 22.3. The summed E-state index contributed by atoms with van der Waals surface area (Å²) < 4.78 is 35.2. The van der Waals surface area contributed by atoms with Crippen molar-refractivity contribution in [3.8, 4) is 18.0 Å². The van der Waals surface area contributed by atoms with E-state index in [1.165, 1.54) is 13.3 Å². The van der Waals surface area contributed by atoms with E-state index in [2.05, 4.69) is 21.0 Å². The topological polar surface area (TPSA) is 76.5 Å². The Balaban J connectivity index is 1.96. The molecule has 0 aliphatic carbocycles. The predicted molar refractivity (Wildman–Crippen MR) is 110 cm³/mol. The Bertz CT molecular complexity index is 995. The van der Waals surface area contributed by atoms with Crippen molar-refractivity contribution in [1.29, 1.82) is 0 Å². The van der Waals surface area contributed by atoms with Crippen molar-refractivity contribution in [2.45, 2.75) is 38.3 Å². The second-order valence-electron chi connectivity index (χ2n) is 7.75. The van der Waals surface area contributed by atoms with Crippen molar-refractivity contribution in [3.05, 3.63) is 48.0 Å². The highest BCUT2D eigenvalue weighted by molar-refractivity contribution is 5.86. The maximum atomic E-state index is 14.5. The smallest absolute Gasteiger partial charge is 0.407 e. The average molecular weight is 430 g/mol. The van der Waals surface area contributed by atoms with Gasteiger partial charge in [-0.15, -0.1) is 6.42 Å². The molecule has 0 bridgehead atoms. The van der Waals surface area contributed by atoms with Crippen LogP contribution in [0.1, 0.15) is 37.7 Å². The van der Waals surface area contributed by atoms with Crippen molar-refractivity contribution in [3.63, 3.8) is 0 Å². The van der Waals surface area contributed by atoms with Crippen LogP contribution in [0.4, 0.5) is 13.6 Å². The van der Waals surface area contributed by atoms with E-state index in [-0.39, 0.29) is 5.92 Å². The van der Waals surface area contributed by atoms with Crippen molar-refractivity contribution in [1.82, 2.24) is 19.8 Å². The van der Waals surface area contributed by atoms with Crippen molar-refractivity contribution < 1.29 is 23.1 Å². The molecule has 31 heavy (non-hydrogen) atoms. The number of methoxy groups -OCH3 is 1. The summed E-state index contributed by atoms with van der Waals surface area (Å²) in [4.78, 5) is 30.3. The summed E-state index contributed by atoms with van der Waals surface area (Å²) in [6.45, 7) is 2.68. The monoisotopic (exact) mass is 430 g/mol. The average Bonchev–Trinajstić information content (AvgIpc) is 3.35. The van der Waals surface area contributed by atoms with E-state index in [4.69, 9.17) is 6.42 Å². The van der Waals surface area contributed by atoms with Crippen LogP contribution in [0.15, 0.2) is 36.7 Å². The highest BCUT2D eigenvalue weighted by Gasteiger charge is 2.50. The molecule has 1 N–H and O–H groups in total. The number of benzene rings is 1. The molecule has 0 radical (unpaired) electrons. The van der Waals surface area contributed by atoms with Crippen molar-refractivity contribution in [2.75, 3.05) is 13.7 Å². The highest BCUT2D eigenvalue weighted by Crippen LogP contribution is 2.41. The van der Waals surface area contributed by atoms with Crippen LogP contribution in [0, 0.1) is 18.3 Å². The number of terminal acetylenes is 1. The number of nitrogens with one attached hydrogen (secondary N) is 1. The van der Waals surface area contributed by atoms with Crippen molar-refractivity contribution >= 4 is 12.0 Å². The van der Waals surface area contributed by atoms with E-state index in [0.717, 1.165) is 4.90 Å². The zero-order valence-corrected chi connectivity index (χ0v) is 17.5. The molecular weight excluding hydrogens is 406 g/mol. The number of imidazole rings is 1. The number of halogens is 2. The second kappa shape index (κ2) is 8.76. The molecule has 1 aliphatic rings. The lowest BCUT2D eigenvalue weighted by Crippen LogP contribution is -2.51. The Kier molecular flexibility index (Phi) is 6.29. The molecule has 0 spiro atoms. The Morgan fingerprint density at radius 2 is 2.00 bits per heavy atom. The third-order valence-corrected chi connectivity index (χ3v) is 5.22. The fourth-order valence-electron chi connectivity index (χ4n) is 3.66. The first-order valence-electron chi connectivity index (χ1n) is 9.80. The van der Waals surface area contributed by atoms with E-state index in [0.29, 0.717) is 17.1 Å². The van der Waals surface area contributed by atoms with Crippen LogP contribution in [0.5, 0.6) is 0 Å². The van der Waals surface area contributed by atoms with Gasteiger partial charge in [0, 0.05) is 30.1 Å². The summed E-state index contributed by atoms with van der Waals surface area (Å²) >= 11 is 0. The third-order valence-electron chi connectivity index (χ3n) is 5.22. The van der Waals surface area contributed by atoms with Crippen LogP contribution in [0.2, 0.25) is 0 Å².